The standard InChI is InChI=1S/C12H20O3/c1-4-5-6-7-8-11(9-10(2)13)12(14)15-3/h8H,4-7,9H2,1-3H3/b11-8+. The summed E-state index contributed by atoms with van der Waals surface area (Å²) in [7, 11) is 1.34. The van der Waals surface area contributed by atoms with Crippen LogP contribution in [0.5, 0.6) is 0 Å². The summed E-state index contributed by atoms with van der Waals surface area (Å²) in [4.78, 5) is 22.2. The van der Waals surface area contributed by atoms with Crippen LogP contribution < -0.4 is 0 Å². The molecule has 0 heterocycles. The predicted molar refractivity (Wildman–Crippen MR) is 59.5 cm³/mol. The number of ketones is 1. The molecule has 0 rings (SSSR count). The fourth-order valence-electron chi connectivity index (χ4n) is 1.30. The van der Waals surface area contributed by atoms with Crippen LogP contribution in [0.15, 0.2) is 11.6 Å². The molecule has 0 saturated heterocycles. The lowest BCUT2D eigenvalue weighted by Crippen LogP contribution is -2.08. The zero-order valence-electron chi connectivity index (χ0n) is 9.84. The highest BCUT2D eigenvalue weighted by Crippen LogP contribution is 2.09. The highest BCUT2D eigenvalue weighted by Gasteiger charge is 2.10. The number of ether oxygens (including phenoxy) is 1. The van der Waals surface area contributed by atoms with Crippen LogP contribution in [0, 0.1) is 0 Å². The topological polar surface area (TPSA) is 43.4 Å². The molecule has 0 fully saturated rings. The molecule has 3 heteroatoms. The van der Waals surface area contributed by atoms with Crippen molar-refractivity contribution in [3.05, 3.63) is 11.6 Å². The first-order valence-electron chi connectivity index (χ1n) is 5.38. The Balaban J connectivity index is 4.21. The zero-order valence-corrected chi connectivity index (χ0v) is 9.84. The first kappa shape index (κ1) is 13.9. The highest BCUT2D eigenvalue weighted by atomic mass is 16.5. The van der Waals surface area contributed by atoms with Gasteiger partial charge in [0.05, 0.1) is 7.11 Å². The van der Waals surface area contributed by atoms with E-state index in [1.54, 1.807) is 0 Å². The lowest BCUT2D eigenvalue weighted by Gasteiger charge is -2.03. The van der Waals surface area contributed by atoms with Gasteiger partial charge in [0, 0.05) is 12.0 Å². The lowest BCUT2D eigenvalue weighted by atomic mass is 10.1. The molecule has 0 N–H and O–H groups in total. The van der Waals surface area contributed by atoms with E-state index >= 15 is 0 Å². The summed E-state index contributed by atoms with van der Waals surface area (Å²) in [5, 5.41) is 0. The third kappa shape index (κ3) is 6.89. The fraction of sp³-hybridized carbons (Fsp3) is 0.667. The number of rotatable bonds is 7. The highest BCUT2D eigenvalue weighted by molar-refractivity contribution is 5.95. The molecular weight excluding hydrogens is 192 g/mol. The minimum atomic E-state index is -0.387. The van der Waals surface area contributed by atoms with Crippen LogP contribution in [0.2, 0.25) is 0 Å². The average molecular weight is 212 g/mol. The normalized spacial score (nSPS) is 11.3. The number of methoxy groups -OCH3 is 1. The van der Waals surface area contributed by atoms with Gasteiger partial charge in [-0.1, -0.05) is 25.8 Å². The van der Waals surface area contributed by atoms with E-state index in [0.29, 0.717) is 5.57 Å². The van der Waals surface area contributed by atoms with Gasteiger partial charge in [0.15, 0.2) is 0 Å². The Bertz CT molecular complexity index is 241. The molecule has 0 aliphatic heterocycles. The molecule has 0 saturated carbocycles. The second-order valence-electron chi connectivity index (χ2n) is 3.60. The minimum Gasteiger partial charge on any atom is -0.466 e. The van der Waals surface area contributed by atoms with Crippen LogP contribution in [0.25, 0.3) is 0 Å². The van der Waals surface area contributed by atoms with Gasteiger partial charge in [-0.15, -0.1) is 0 Å². The van der Waals surface area contributed by atoms with Crippen molar-refractivity contribution in [3.63, 3.8) is 0 Å². The van der Waals surface area contributed by atoms with Gasteiger partial charge in [-0.25, -0.2) is 4.79 Å². The maximum absolute atomic E-state index is 11.3. The van der Waals surface area contributed by atoms with Gasteiger partial charge in [0.25, 0.3) is 0 Å². The molecule has 0 aliphatic carbocycles. The molecule has 0 aromatic heterocycles. The van der Waals surface area contributed by atoms with Crippen molar-refractivity contribution < 1.29 is 14.3 Å². The third-order valence-corrected chi connectivity index (χ3v) is 2.09. The molecule has 0 bridgehead atoms. The lowest BCUT2D eigenvalue weighted by molar-refractivity contribution is -0.137. The van der Waals surface area contributed by atoms with E-state index in [1.807, 2.05) is 6.08 Å². The Labute approximate surface area is 91.5 Å². The first-order valence-corrected chi connectivity index (χ1v) is 5.38. The van der Waals surface area contributed by atoms with Crippen molar-refractivity contribution in [1.82, 2.24) is 0 Å². The van der Waals surface area contributed by atoms with E-state index in [0.717, 1.165) is 25.7 Å². The number of carbonyl (C=O) groups is 2. The Hall–Kier alpha value is -1.12. The molecule has 0 unspecified atom stereocenters. The molecule has 0 aromatic carbocycles. The predicted octanol–water partition coefficient (Wildman–Crippen LogP) is 2.65. The molecule has 0 amide bonds. The van der Waals surface area contributed by atoms with Crippen molar-refractivity contribution in [2.45, 2.75) is 46.0 Å². The van der Waals surface area contributed by atoms with Gasteiger partial charge >= 0.3 is 5.97 Å². The van der Waals surface area contributed by atoms with Crippen molar-refractivity contribution in [2.75, 3.05) is 7.11 Å². The van der Waals surface area contributed by atoms with Crippen LogP contribution in [0.4, 0.5) is 0 Å². The largest absolute Gasteiger partial charge is 0.466 e. The van der Waals surface area contributed by atoms with Gasteiger partial charge in [0.2, 0.25) is 0 Å². The maximum atomic E-state index is 11.3. The Morgan fingerprint density at radius 1 is 1.27 bits per heavy atom. The Kier molecular flexibility index (Phi) is 7.60. The SMILES string of the molecule is CCCCC/C=C(\CC(C)=O)C(=O)OC. The number of unbranched alkanes of at least 4 members (excludes halogenated alkanes) is 3. The van der Waals surface area contributed by atoms with Gasteiger partial charge in [-0.05, 0) is 19.8 Å². The molecule has 3 nitrogen and oxygen atoms in total. The van der Waals surface area contributed by atoms with Crippen molar-refractivity contribution in [1.29, 1.82) is 0 Å². The maximum Gasteiger partial charge on any atom is 0.333 e. The zero-order chi connectivity index (χ0) is 11.7. The van der Waals surface area contributed by atoms with Crippen LogP contribution in [-0.2, 0) is 14.3 Å². The number of carbonyl (C=O) groups excluding carboxylic acids is 2. The van der Waals surface area contributed by atoms with Gasteiger partial charge < -0.3 is 4.74 Å². The number of hydrogen-bond donors (Lipinski definition) is 0. The van der Waals surface area contributed by atoms with E-state index in [2.05, 4.69) is 11.7 Å². The van der Waals surface area contributed by atoms with E-state index in [4.69, 9.17) is 0 Å². The molecular formula is C12H20O3. The van der Waals surface area contributed by atoms with Crippen LogP contribution >= 0.6 is 0 Å². The summed E-state index contributed by atoms with van der Waals surface area (Å²) in [6.07, 6.45) is 6.18. The molecule has 0 radical (unpaired) electrons. The van der Waals surface area contributed by atoms with Gasteiger partial charge in [-0.3, -0.25) is 4.79 Å². The molecule has 0 aliphatic rings. The van der Waals surface area contributed by atoms with Crippen molar-refractivity contribution in [2.24, 2.45) is 0 Å². The smallest absolute Gasteiger partial charge is 0.333 e. The summed E-state index contributed by atoms with van der Waals surface area (Å²) in [5.41, 5.74) is 0.487. The van der Waals surface area contributed by atoms with Gasteiger partial charge in [0.1, 0.15) is 5.78 Å². The molecule has 0 aromatic rings. The second kappa shape index (κ2) is 8.21. The monoisotopic (exact) mass is 212 g/mol. The summed E-state index contributed by atoms with van der Waals surface area (Å²) in [6.45, 7) is 3.60. The third-order valence-electron chi connectivity index (χ3n) is 2.09. The molecule has 0 atom stereocenters. The van der Waals surface area contributed by atoms with Crippen LogP contribution in [0.1, 0.15) is 46.0 Å². The van der Waals surface area contributed by atoms with Gasteiger partial charge in [-0.2, -0.15) is 0 Å². The van der Waals surface area contributed by atoms with Crippen molar-refractivity contribution >= 4 is 11.8 Å². The molecule has 15 heavy (non-hydrogen) atoms. The quantitative estimate of drug-likeness (QED) is 0.370. The van der Waals surface area contributed by atoms with E-state index in [1.165, 1.54) is 14.0 Å². The van der Waals surface area contributed by atoms with E-state index < -0.39 is 0 Å². The van der Waals surface area contributed by atoms with E-state index in [9.17, 15) is 9.59 Å². The first-order chi connectivity index (χ1) is 7.11. The second-order valence-corrected chi connectivity index (χ2v) is 3.60. The summed E-state index contributed by atoms with van der Waals surface area (Å²) < 4.78 is 4.61. The number of Topliss-reactive ketones (excluding diaryl/α,β-unsaturated/α-hetero) is 1. The molecule has 86 valence electrons. The summed E-state index contributed by atoms with van der Waals surface area (Å²) in [5.74, 6) is -0.399. The average Bonchev–Trinajstić information content (AvgIpc) is 2.21. The molecule has 0 spiro atoms. The summed E-state index contributed by atoms with van der Waals surface area (Å²) in [6, 6.07) is 0. The summed E-state index contributed by atoms with van der Waals surface area (Å²) >= 11 is 0. The Morgan fingerprint density at radius 2 is 1.93 bits per heavy atom. The number of hydrogen-bond acceptors (Lipinski definition) is 3. The van der Waals surface area contributed by atoms with E-state index in [-0.39, 0.29) is 18.2 Å². The van der Waals surface area contributed by atoms with Crippen LogP contribution in [-0.4, -0.2) is 18.9 Å². The number of allylic oxidation sites excluding steroid dienone is 1. The minimum absolute atomic E-state index is 0.0119. The fourth-order valence-corrected chi connectivity index (χ4v) is 1.30. The van der Waals surface area contributed by atoms with Crippen molar-refractivity contribution in [3.8, 4) is 0 Å². The Morgan fingerprint density at radius 3 is 2.40 bits per heavy atom. The number of esters is 1. The van der Waals surface area contributed by atoms with Crippen LogP contribution in [0.3, 0.4) is 0 Å².